The highest BCUT2D eigenvalue weighted by Crippen LogP contribution is 2.46. The molecule has 0 saturated heterocycles. The summed E-state index contributed by atoms with van der Waals surface area (Å²) >= 11 is 1.45. The zero-order chi connectivity index (χ0) is 25.1. The van der Waals surface area contributed by atoms with Crippen LogP contribution in [0, 0.1) is 19.7 Å². The molecule has 0 unspecified atom stereocenters. The average molecular weight is 494 g/mol. The third kappa shape index (κ3) is 5.17. The Balaban J connectivity index is 1.65. The van der Waals surface area contributed by atoms with E-state index in [1.165, 1.54) is 31.0 Å². The number of methoxy groups -OCH3 is 1. The Morgan fingerprint density at radius 2 is 1.91 bits per heavy atom. The number of carbonyl (C=O) groups is 2. The Morgan fingerprint density at radius 3 is 2.60 bits per heavy atom. The third-order valence-corrected chi connectivity index (χ3v) is 6.99. The van der Waals surface area contributed by atoms with Crippen LogP contribution in [0.5, 0.6) is 0 Å². The molecule has 0 spiro atoms. The molecule has 1 amide bonds. The minimum atomic E-state index is -0.448. The van der Waals surface area contributed by atoms with Gasteiger partial charge < -0.3 is 15.0 Å². The number of hydrogen-bond donors (Lipinski definition) is 1. The van der Waals surface area contributed by atoms with Crippen LogP contribution >= 0.6 is 11.8 Å². The summed E-state index contributed by atoms with van der Waals surface area (Å²) in [5.41, 5.74) is 5.84. The zero-order valence-electron chi connectivity index (χ0n) is 20.2. The summed E-state index contributed by atoms with van der Waals surface area (Å²) in [5.74, 6) is -0.914. The number of rotatable bonds is 7. The molecule has 1 atom stereocenters. The van der Waals surface area contributed by atoms with Gasteiger partial charge in [-0.3, -0.25) is 4.79 Å². The van der Waals surface area contributed by atoms with Crippen molar-refractivity contribution in [3.05, 3.63) is 92.9 Å². The maximum Gasteiger partial charge on any atom is 0.338 e. The topological polar surface area (TPSA) is 71.0 Å². The molecule has 1 N–H and O–H groups in total. The number of hydrogen-bond acceptors (Lipinski definition) is 6. The monoisotopic (exact) mass is 493 g/mol. The van der Waals surface area contributed by atoms with E-state index >= 15 is 0 Å². The van der Waals surface area contributed by atoms with Gasteiger partial charge in [-0.1, -0.05) is 54.6 Å². The van der Waals surface area contributed by atoms with E-state index in [2.05, 4.69) is 11.4 Å². The lowest BCUT2D eigenvalue weighted by molar-refractivity contribution is -0.136. The molecule has 35 heavy (non-hydrogen) atoms. The second-order valence-electron chi connectivity index (χ2n) is 8.54. The van der Waals surface area contributed by atoms with Crippen LogP contribution in [0.2, 0.25) is 0 Å². The SMILES string of the molecule is CCC1=C(C(=O)OC)[C@@H](c2cc(C)ccc2C)N2C(CC(=O)NCc3ccc(F)cc3)=CSC2=N1. The molecule has 2 aliphatic rings. The van der Waals surface area contributed by atoms with Crippen LogP contribution in [0.3, 0.4) is 0 Å². The minimum absolute atomic E-state index is 0.116. The number of amides is 1. The number of benzene rings is 2. The zero-order valence-corrected chi connectivity index (χ0v) is 21.0. The summed E-state index contributed by atoms with van der Waals surface area (Å²) in [6.45, 7) is 6.30. The first-order valence-electron chi connectivity index (χ1n) is 11.5. The quantitative estimate of drug-likeness (QED) is 0.531. The fourth-order valence-corrected chi connectivity index (χ4v) is 5.23. The van der Waals surface area contributed by atoms with Crippen molar-refractivity contribution < 1.29 is 18.7 Å². The molecular formula is C27H28FN3O3S. The molecule has 182 valence electrons. The van der Waals surface area contributed by atoms with Gasteiger partial charge in [-0.25, -0.2) is 14.2 Å². The molecule has 0 saturated carbocycles. The highest BCUT2D eigenvalue weighted by molar-refractivity contribution is 8.16. The van der Waals surface area contributed by atoms with Crippen LogP contribution in [0.25, 0.3) is 0 Å². The van der Waals surface area contributed by atoms with E-state index in [9.17, 15) is 14.0 Å². The van der Waals surface area contributed by atoms with Gasteiger partial charge in [0.15, 0.2) is 5.17 Å². The van der Waals surface area contributed by atoms with Crippen molar-refractivity contribution in [3.8, 4) is 0 Å². The lowest BCUT2D eigenvalue weighted by Crippen LogP contribution is -2.38. The average Bonchev–Trinajstić information content (AvgIpc) is 3.25. The van der Waals surface area contributed by atoms with Crippen LogP contribution < -0.4 is 5.32 Å². The Hall–Kier alpha value is -3.39. The van der Waals surface area contributed by atoms with Gasteiger partial charge in [-0.2, -0.15) is 0 Å². The maximum atomic E-state index is 13.2. The number of thioether (sulfide) groups is 1. The molecule has 2 heterocycles. The van der Waals surface area contributed by atoms with Gasteiger partial charge in [0.25, 0.3) is 0 Å². The second kappa shape index (κ2) is 10.5. The smallest absolute Gasteiger partial charge is 0.338 e. The molecule has 8 heteroatoms. The van der Waals surface area contributed by atoms with Crippen LogP contribution in [-0.2, 0) is 20.9 Å². The number of halogens is 1. The van der Waals surface area contributed by atoms with Gasteiger partial charge in [0.1, 0.15) is 5.82 Å². The van der Waals surface area contributed by atoms with Crippen molar-refractivity contribution in [1.29, 1.82) is 0 Å². The number of ether oxygens (including phenoxy) is 1. The standard InChI is InChI=1S/C27H28FN3O3S/c1-5-22-24(26(33)34-4)25(21-12-16(2)6-7-17(21)3)31-20(15-35-27(31)30-22)13-23(32)29-14-18-8-10-19(28)11-9-18/h6-12,15,25H,5,13-14H2,1-4H3,(H,29,32)/t25-/m1/s1. The van der Waals surface area contributed by atoms with Gasteiger partial charge in [-0.05, 0) is 54.5 Å². The number of nitrogens with zero attached hydrogens (tertiary/aromatic N) is 2. The Labute approximate surface area is 209 Å². The lowest BCUT2D eigenvalue weighted by atomic mass is 9.89. The molecule has 6 nitrogen and oxygen atoms in total. The van der Waals surface area contributed by atoms with E-state index in [-0.39, 0.29) is 18.1 Å². The molecule has 2 aromatic carbocycles. The summed E-state index contributed by atoms with van der Waals surface area (Å²) < 4.78 is 18.3. The van der Waals surface area contributed by atoms with Crippen molar-refractivity contribution in [2.24, 2.45) is 4.99 Å². The number of aliphatic imine (C=N–C) groups is 1. The van der Waals surface area contributed by atoms with Crippen molar-refractivity contribution >= 4 is 28.8 Å². The fourth-order valence-electron chi connectivity index (χ4n) is 4.29. The molecule has 2 aliphatic heterocycles. The summed E-state index contributed by atoms with van der Waals surface area (Å²) in [4.78, 5) is 32.6. The van der Waals surface area contributed by atoms with E-state index in [4.69, 9.17) is 9.73 Å². The summed E-state index contributed by atoms with van der Waals surface area (Å²) in [6.07, 6.45) is 0.696. The highest BCUT2D eigenvalue weighted by Gasteiger charge is 2.42. The normalized spacial score (nSPS) is 17.1. The van der Waals surface area contributed by atoms with Gasteiger partial charge in [0.2, 0.25) is 5.91 Å². The second-order valence-corrected chi connectivity index (χ2v) is 9.38. The predicted molar refractivity (Wildman–Crippen MR) is 136 cm³/mol. The molecule has 0 radical (unpaired) electrons. The summed E-state index contributed by atoms with van der Waals surface area (Å²) in [6, 6.07) is 11.7. The van der Waals surface area contributed by atoms with Crippen molar-refractivity contribution in [2.45, 2.75) is 46.2 Å². The van der Waals surface area contributed by atoms with Crippen LogP contribution in [0.4, 0.5) is 4.39 Å². The van der Waals surface area contributed by atoms with Crippen molar-refractivity contribution in [1.82, 2.24) is 10.2 Å². The molecule has 0 bridgehead atoms. The molecule has 0 aromatic heterocycles. The number of allylic oxidation sites excluding steroid dienone is 1. The number of fused-ring (bicyclic) bond motifs is 1. The number of esters is 1. The number of nitrogens with one attached hydrogen (secondary N) is 1. The Morgan fingerprint density at radius 1 is 1.17 bits per heavy atom. The predicted octanol–water partition coefficient (Wildman–Crippen LogP) is 5.29. The van der Waals surface area contributed by atoms with Crippen molar-refractivity contribution in [3.63, 3.8) is 0 Å². The van der Waals surface area contributed by atoms with Gasteiger partial charge >= 0.3 is 5.97 Å². The summed E-state index contributed by atoms with van der Waals surface area (Å²) in [7, 11) is 1.38. The van der Waals surface area contributed by atoms with E-state index in [0.717, 1.165) is 33.1 Å². The fraction of sp³-hybridized carbons (Fsp3) is 0.296. The first-order valence-corrected chi connectivity index (χ1v) is 12.3. The largest absolute Gasteiger partial charge is 0.466 e. The van der Waals surface area contributed by atoms with Crippen LogP contribution in [-0.4, -0.2) is 29.1 Å². The first kappa shape index (κ1) is 24.7. The Bertz CT molecular complexity index is 1250. The van der Waals surface area contributed by atoms with Crippen molar-refractivity contribution in [2.75, 3.05) is 7.11 Å². The van der Waals surface area contributed by atoms with Crippen LogP contribution in [0.15, 0.2) is 69.8 Å². The lowest BCUT2D eigenvalue weighted by Gasteiger charge is -2.37. The number of carbonyl (C=O) groups excluding carboxylic acids is 2. The van der Waals surface area contributed by atoms with Gasteiger partial charge in [0, 0.05) is 12.2 Å². The first-order chi connectivity index (χ1) is 16.8. The maximum absolute atomic E-state index is 13.2. The van der Waals surface area contributed by atoms with Crippen LogP contribution in [0.1, 0.15) is 48.1 Å². The third-order valence-electron chi connectivity index (χ3n) is 6.10. The summed E-state index contributed by atoms with van der Waals surface area (Å²) in [5, 5.41) is 5.56. The minimum Gasteiger partial charge on any atom is -0.466 e. The van der Waals surface area contributed by atoms with Gasteiger partial charge in [-0.15, -0.1) is 0 Å². The van der Waals surface area contributed by atoms with Gasteiger partial charge in [0.05, 0.1) is 30.8 Å². The number of amidine groups is 1. The van der Waals surface area contributed by atoms with E-state index in [1.54, 1.807) is 12.1 Å². The van der Waals surface area contributed by atoms with E-state index in [0.29, 0.717) is 24.2 Å². The number of aryl methyl sites for hydroxylation is 2. The molecule has 0 aliphatic carbocycles. The Kier molecular flexibility index (Phi) is 7.40. The molecule has 2 aromatic rings. The molecular weight excluding hydrogens is 465 g/mol. The molecule has 4 rings (SSSR count). The highest BCUT2D eigenvalue weighted by atomic mass is 32.2. The molecule has 0 fully saturated rings. The van der Waals surface area contributed by atoms with E-state index < -0.39 is 12.0 Å². The van der Waals surface area contributed by atoms with E-state index in [1.807, 2.05) is 43.2 Å².